The van der Waals surface area contributed by atoms with Gasteiger partial charge in [-0.05, 0) is 43.7 Å². The quantitative estimate of drug-likeness (QED) is 0.309. The van der Waals surface area contributed by atoms with Crippen LogP contribution in [0.25, 0.3) is 0 Å². The van der Waals surface area contributed by atoms with Crippen molar-refractivity contribution in [2.45, 2.75) is 29.7 Å². The smallest absolute Gasteiger partial charge is 0.206 e. The molecular weight excluding hydrogens is 533 g/mol. The third-order valence-electron chi connectivity index (χ3n) is 4.70. The summed E-state index contributed by atoms with van der Waals surface area (Å²) in [6.45, 7) is 3.68. The lowest BCUT2D eigenvalue weighted by molar-refractivity contribution is 0.454. The van der Waals surface area contributed by atoms with Gasteiger partial charge in [0.25, 0.3) is 20.0 Å². The summed E-state index contributed by atoms with van der Waals surface area (Å²) in [5.41, 5.74) is 2.38. The van der Waals surface area contributed by atoms with Crippen LogP contribution in [0.5, 0.6) is 0 Å². The molecule has 158 valence electrons. The van der Waals surface area contributed by atoms with E-state index >= 15 is 0 Å². The molecule has 1 unspecified atom stereocenters. The van der Waals surface area contributed by atoms with Crippen molar-refractivity contribution in [3.8, 4) is 0 Å². The molecular formula is C22H22INO4S2. The molecule has 3 rings (SSSR count). The molecule has 0 bridgehead atoms. The molecule has 0 radical (unpaired) electrons. The maximum atomic E-state index is 13.6. The first-order chi connectivity index (χ1) is 14.2. The van der Waals surface area contributed by atoms with Crippen molar-refractivity contribution in [2.24, 2.45) is 0 Å². The number of hydrogen-bond acceptors (Lipinski definition) is 4. The predicted molar refractivity (Wildman–Crippen MR) is 127 cm³/mol. The minimum absolute atomic E-state index is 0.0606. The number of hydrogen-bond donors (Lipinski definition) is 0. The Kier molecular flexibility index (Phi) is 7.01. The van der Waals surface area contributed by atoms with Gasteiger partial charge < -0.3 is 0 Å². The monoisotopic (exact) mass is 555 g/mol. The Bertz CT molecular complexity index is 1130. The second-order valence-corrected chi connectivity index (χ2v) is 11.7. The molecule has 0 saturated heterocycles. The number of halogens is 1. The third-order valence-corrected chi connectivity index (χ3v) is 9.90. The van der Waals surface area contributed by atoms with Gasteiger partial charge in [-0.25, -0.2) is 16.8 Å². The van der Waals surface area contributed by atoms with Crippen molar-refractivity contribution in [3.05, 3.63) is 95.6 Å². The van der Waals surface area contributed by atoms with Gasteiger partial charge >= 0.3 is 0 Å². The highest BCUT2D eigenvalue weighted by molar-refractivity contribution is 14.1. The van der Waals surface area contributed by atoms with Crippen LogP contribution in [0.4, 0.5) is 0 Å². The van der Waals surface area contributed by atoms with Crippen LogP contribution in [-0.2, 0) is 20.0 Å². The molecule has 1 atom stereocenters. The Balaban J connectivity index is 2.25. The average molecular weight is 555 g/mol. The van der Waals surface area contributed by atoms with Crippen molar-refractivity contribution in [1.82, 2.24) is 3.71 Å². The molecule has 3 aromatic carbocycles. The van der Waals surface area contributed by atoms with Crippen LogP contribution in [-0.4, -0.2) is 25.0 Å². The van der Waals surface area contributed by atoms with E-state index in [0.717, 1.165) is 11.1 Å². The van der Waals surface area contributed by atoms with Gasteiger partial charge in [0.2, 0.25) is 0 Å². The first kappa shape index (κ1) is 22.9. The Labute approximate surface area is 192 Å². The largest absolute Gasteiger partial charge is 0.256 e. The summed E-state index contributed by atoms with van der Waals surface area (Å²) in [5.74, 6) is 0. The van der Waals surface area contributed by atoms with Gasteiger partial charge in [0.05, 0.1) is 15.8 Å². The van der Waals surface area contributed by atoms with Crippen molar-refractivity contribution >= 4 is 42.6 Å². The Morgan fingerprint density at radius 3 is 1.47 bits per heavy atom. The lowest BCUT2D eigenvalue weighted by Crippen LogP contribution is -2.40. The second-order valence-electron chi connectivity index (χ2n) is 6.94. The molecule has 0 aromatic heterocycles. The maximum Gasteiger partial charge on any atom is 0.256 e. The van der Waals surface area contributed by atoms with Gasteiger partial charge in [-0.15, -0.1) is 0 Å². The van der Waals surface area contributed by atoms with Gasteiger partial charge in [-0.1, -0.05) is 92.0 Å². The highest BCUT2D eigenvalue weighted by Gasteiger charge is 2.42. The van der Waals surface area contributed by atoms with Gasteiger partial charge in [-0.3, -0.25) is 0 Å². The normalized spacial score (nSPS) is 13.3. The number of nitrogens with zero attached hydrogens (tertiary/aromatic N) is 1. The van der Waals surface area contributed by atoms with E-state index in [1.54, 1.807) is 54.6 Å². The molecule has 3 aromatic rings. The van der Waals surface area contributed by atoms with E-state index in [4.69, 9.17) is 0 Å². The topological polar surface area (TPSA) is 71.5 Å². The molecule has 0 heterocycles. The molecule has 0 aliphatic rings. The minimum Gasteiger partial charge on any atom is -0.206 e. The molecule has 0 spiro atoms. The van der Waals surface area contributed by atoms with Crippen LogP contribution in [0, 0.1) is 13.8 Å². The number of benzene rings is 3. The van der Waals surface area contributed by atoms with E-state index in [0.29, 0.717) is 9.27 Å². The van der Waals surface area contributed by atoms with Gasteiger partial charge in [-0.2, -0.15) is 0 Å². The molecule has 5 nitrogen and oxygen atoms in total. The molecule has 0 fully saturated rings. The van der Waals surface area contributed by atoms with Crippen LogP contribution in [0.2, 0.25) is 0 Å². The number of rotatable bonds is 7. The zero-order valence-electron chi connectivity index (χ0n) is 16.6. The standard InChI is InChI=1S/C22H22INO4S2/c1-17-8-12-20(13-9-17)29(25,26)24(22(16-23)19-6-4-3-5-7-19)30(27,28)21-14-10-18(2)11-15-21/h3-15,22H,16H2,1-2H3. The zero-order valence-corrected chi connectivity index (χ0v) is 20.4. The first-order valence-electron chi connectivity index (χ1n) is 9.22. The van der Waals surface area contributed by atoms with Crippen molar-refractivity contribution in [2.75, 3.05) is 4.43 Å². The SMILES string of the molecule is Cc1ccc(S(=O)(=O)N(C(CI)c2ccccc2)S(=O)(=O)c2ccc(C)cc2)cc1. The Hall–Kier alpha value is -1.75. The van der Waals surface area contributed by atoms with Gasteiger partial charge in [0, 0.05) is 4.43 Å². The fourth-order valence-corrected chi connectivity index (χ4v) is 8.46. The van der Waals surface area contributed by atoms with E-state index in [1.165, 1.54) is 24.3 Å². The van der Waals surface area contributed by atoms with E-state index in [1.807, 2.05) is 36.4 Å². The van der Waals surface area contributed by atoms with E-state index in [2.05, 4.69) is 0 Å². The van der Waals surface area contributed by atoms with Crippen LogP contribution < -0.4 is 0 Å². The highest BCUT2D eigenvalue weighted by Crippen LogP contribution is 2.35. The van der Waals surface area contributed by atoms with Gasteiger partial charge in [0.15, 0.2) is 0 Å². The lowest BCUT2D eigenvalue weighted by Gasteiger charge is -2.29. The third kappa shape index (κ3) is 4.61. The summed E-state index contributed by atoms with van der Waals surface area (Å²) >= 11 is 2.03. The molecule has 0 N–H and O–H groups in total. The molecule has 0 aliphatic heterocycles. The molecule has 8 heteroatoms. The van der Waals surface area contributed by atoms with E-state index in [9.17, 15) is 16.8 Å². The summed E-state index contributed by atoms with van der Waals surface area (Å²) < 4.78 is 55.5. The fraction of sp³-hybridized carbons (Fsp3) is 0.182. The second kappa shape index (κ2) is 9.17. The lowest BCUT2D eigenvalue weighted by atomic mass is 10.1. The average Bonchev–Trinajstić information content (AvgIpc) is 2.72. The molecule has 0 amide bonds. The van der Waals surface area contributed by atoms with Crippen molar-refractivity contribution in [3.63, 3.8) is 0 Å². The van der Waals surface area contributed by atoms with E-state index < -0.39 is 26.1 Å². The first-order valence-corrected chi connectivity index (χ1v) is 13.6. The highest BCUT2D eigenvalue weighted by atomic mass is 127. The summed E-state index contributed by atoms with van der Waals surface area (Å²) in [4.78, 5) is -0.121. The molecule has 0 aliphatic carbocycles. The van der Waals surface area contributed by atoms with Gasteiger partial charge in [0.1, 0.15) is 0 Å². The summed E-state index contributed by atoms with van der Waals surface area (Å²) in [7, 11) is -8.71. The van der Waals surface area contributed by atoms with Crippen LogP contribution in [0.15, 0.2) is 88.7 Å². The van der Waals surface area contributed by atoms with Crippen molar-refractivity contribution < 1.29 is 16.8 Å². The predicted octanol–water partition coefficient (Wildman–Crippen LogP) is 4.86. The maximum absolute atomic E-state index is 13.6. The van der Waals surface area contributed by atoms with Crippen LogP contribution >= 0.6 is 22.6 Å². The minimum atomic E-state index is -4.35. The van der Waals surface area contributed by atoms with Crippen molar-refractivity contribution in [1.29, 1.82) is 0 Å². The Morgan fingerprint density at radius 1 is 0.700 bits per heavy atom. The van der Waals surface area contributed by atoms with E-state index in [-0.39, 0.29) is 14.2 Å². The van der Waals surface area contributed by atoms with Crippen LogP contribution in [0.1, 0.15) is 22.7 Å². The molecule has 0 saturated carbocycles. The summed E-state index contributed by atoms with van der Waals surface area (Å²) in [6.07, 6.45) is 0. The van der Waals surface area contributed by atoms with Crippen LogP contribution in [0.3, 0.4) is 0 Å². The fourth-order valence-electron chi connectivity index (χ4n) is 3.03. The Morgan fingerprint density at radius 2 is 1.10 bits per heavy atom. The number of sulfonamides is 2. The summed E-state index contributed by atoms with van der Waals surface area (Å²) in [5, 5.41) is 0. The number of alkyl halides is 1. The number of aryl methyl sites for hydroxylation is 2. The molecule has 30 heavy (non-hydrogen) atoms. The zero-order chi connectivity index (χ0) is 21.9. The summed E-state index contributed by atoms with van der Waals surface area (Å²) in [6, 6.07) is 20.3.